The minimum Gasteiger partial charge on any atom is -0.493 e. The van der Waals surface area contributed by atoms with Gasteiger partial charge in [0.1, 0.15) is 11.4 Å². The van der Waals surface area contributed by atoms with E-state index in [1.807, 2.05) is 57.2 Å². The molecule has 2 N–H and O–H groups in total. The summed E-state index contributed by atoms with van der Waals surface area (Å²) >= 11 is 1.73. The third-order valence-corrected chi connectivity index (χ3v) is 5.96. The summed E-state index contributed by atoms with van der Waals surface area (Å²) in [7, 11) is 0. The van der Waals surface area contributed by atoms with Crippen LogP contribution in [-0.2, 0) is 15.1 Å². The van der Waals surface area contributed by atoms with Crippen LogP contribution in [0.5, 0.6) is 5.75 Å². The maximum Gasteiger partial charge on any atom is 0.412 e. The molecule has 6 nitrogen and oxygen atoms in total. The third kappa shape index (κ3) is 5.48. The molecule has 0 aromatic heterocycles. The number of hydrogen-bond acceptors (Lipinski definition) is 5. The Morgan fingerprint density at radius 2 is 2.00 bits per heavy atom. The summed E-state index contributed by atoms with van der Waals surface area (Å²) in [6, 6.07) is 11.7. The van der Waals surface area contributed by atoms with Gasteiger partial charge in [-0.05, 0) is 69.2 Å². The van der Waals surface area contributed by atoms with E-state index in [1.165, 1.54) is 6.92 Å². The van der Waals surface area contributed by atoms with E-state index in [2.05, 4.69) is 10.6 Å². The van der Waals surface area contributed by atoms with Crippen LogP contribution in [0.15, 0.2) is 41.3 Å². The van der Waals surface area contributed by atoms with Crippen molar-refractivity contribution in [3.8, 4) is 5.75 Å². The number of anilines is 2. The van der Waals surface area contributed by atoms with Crippen molar-refractivity contribution in [1.82, 2.24) is 0 Å². The van der Waals surface area contributed by atoms with Crippen molar-refractivity contribution in [3.05, 3.63) is 47.5 Å². The molecular weight excluding hydrogens is 400 g/mol. The lowest BCUT2D eigenvalue weighted by atomic mass is 9.93. The molecule has 1 heterocycles. The first-order valence-corrected chi connectivity index (χ1v) is 11.0. The number of ether oxygens (including phenoxy) is 2. The van der Waals surface area contributed by atoms with Gasteiger partial charge in [-0.1, -0.05) is 12.1 Å². The molecule has 0 aliphatic carbocycles. The van der Waals surface area contributed by atoms with Crippen LogP contribution in [0, 0.1) is 6.92 Å². The summed E-state index contributed by atoms with van der Waals surface area (Å²) in [6.45, 7) is 7.85. The molecule has 2 aromatic carbocycles. The molecule has 0 radical (unpaired) electrons. The number of carbonyl (C=O) groups excluding carboxylic acids is 2. The van der Waals surface area contributed by atoms with Gasteiger partial charge in [0.05, 0.1) is 18.0 Å². The van der Waals surface area contributed by atoms with Crippen molar-refractivity contribution in [2.45, 2.75) is 51.0 Å². The number of benzene rings is 2. The first kappa shape index (κ1) is 22.0. The molecular formula is C23H28N2O4S. The number of rotatable bonds is 8. The minimum atomic E-state index is -0.693. The quantitative estimate of drug-likeness (QED) is 0.416. The maximum atomic E-state index is 11.7. The maximum absolute atomic E-state index is 11.7. The van der Waals surface area contributed by atoms with Gasteiger partial charge in [-0.3, -0.25) is 10.1 Å². The fraction of sp³-hybridized carbons (Fsp3) is 0.391. The zero-order valence-corrected chi connectivity index (χ0v) is 18.7. The number of amides is 2. The van der Waals surface area contributed by atoms with Crippen molar-refractivity contribution in [2.24, 2.45) is 0 Å². The second kappa shape index (κ2) is 9.43. The van der Waals surface area contributed by atoms with Gasteiger partial charge in [-0.2, -0.15) is 0 Å². The first-order chi connectivity index (χ1) is 14.3. The van der Waals surface area contributed by atoms with Crippen LogP contribution >= 0.6 is 11.8 Å². The molecule has 1 aliphatic heterocycles. The smallest absolute Gasteiger partial charge is 0.412 e. The second-order valence-electron chi connectivity index (χ2n) is 7.77. The second-order valence-corrected chi connectivity index (χ2v) is 8.91. The predicted molar refractivity (Wildman–Crippen MR) is 121 cm³/mol. The summed E-state index contributed by atoms with van der Waals surface area (Å²) < 4.78 is 11.4. The molecule has 2 amide bonds. The van der Waals surface area contributed by atoms with Gasteiger partial charge in [-0.25, -0.2) is 4.79 Å². The Hall–Kier alpha value is -2.67. The number of thioether (sulfide) groups is 1. The number of hydrogen-bond donors (Lipinski definition) is 2. The molecule has 0 saturated heterocycles. The lowest BCUT2D eigenvalue weighted by molar-refractivity contribution is -0.114. The Bertz CT molecular complexity index is 943. The van der Waals surface area contributed by atoms with Gasteiger partial charge in [0.25, 0.3) is 0 Å². The van der Waals surface area contributed by atoms with E-state index in [9.17, 15) is 9.59 Å². The fourth-order valence-electron chi connectivity index (χ4n) is 3.32. The monoisotopic (exact) mass is 428 g/mol. The van der Waals surface area contributed by atoms with Gasteiger partial charge >= 0.3 is 6.09 Å². The molecule has 0 unspecified atom stereocenters. The molecule has 0 spiro atoms. The first-order valence-electron chi connectivity index (χ1n) is 10.0. The lowest BCUT2D eigenvalue weighted by Gasteiger charge is -2.33. The average Bonchev–Trinajstić information content (AvgIpc) is 2.65. The summed E-state index contributed by atoms with van der Waals surface area (Å²) in [4.78, 5) is 24.1. The molecule has 1 aliphatic rings. The molecule has 30 heavy (non-hydrogen) atoms. The fourth-order valence-corrected chi connectivity index (χ4v) is 4.34. The van der Waals surface area contributed by atoms with E-state index in [-0.39, 0.29) is 5.91 Å². The summed E-state index contributed by atoms with van der Waals surface area (Å²) in [5.74, 6) is 1.69. The van der Waals surface area contributed by atoms with Crippen LogP contribution < -0.4 is 15.4 Å². The van der Waals surface area contributed by atoms with Gasteiger partial charge in [0.15, 0.2) is 0 Å². The molecule has 0 bridgehead atoms. The summed E-state index contributed by atoms with van der Waals surface area (Å²) in [5, 5.41) is 5.62. The Labute approximate surface area is 181 Å². The highest BCUT2D eigenvalue weighted by Crippen LogP contribution is 2.39. The van der Waals surface area contributed by atoms with E-state index in [0.717, 1.165) is 51.7 Å². The topological polar surface area (TPSA) is 76.7 Å². The van der Waals surface area contributed by atoms with Gasteiger partial charge in [-0.15, -0.1) is 11.8 Å². The number of cyclic esters (lactones) is 1. The number of aryl methyl sites for hydroxylation is 1. The van der Waals surface area contributed by atoms with Crippen LogP contribution in [0.4, 0.5) is 16.2 Å². The minimum absolute atomic E-state index is 0.0648. The molecule has 160 valence electrons. The van der Waals surface area contributed by atoms with Crippen molar-refractivity contribution >= 4 is 35.1 Å². The van der Waals surface area contributed by atoms with E-state index in [0.29, 0.717) is 6.61 Å². The number of carbonyl (C=O) groups is 2. The normalized spacial score (nSPS) is 14.3. The average molecular weight is 429 g/mol. The Morgan fingerprint density at radius 1 is 1.23 bits per heavy atom. The van der Waals surface area contributed by atoms with Crippen LogP contribution in [-0.4, -0.2) is 24.4 Å². The highest BCUT2D eigenvalue weighted by molar-refractivity contribution is 7.99. The Kier molecular flexibility index (Phi) is 6.92. The Morgan fingerprint density at radius 3 is 2.77 bits per heavy atom. The third-order valence-electron chi connectivity index (χ3n) is 4.80. The molecule has 0 atom stereocenters. The number of unbranched alkanes of at least 4 members (excludes halogenated alkanes) is 1. The molecule has 0 fully saturated rings. The summed E-state index contributed by atoms with van der Waals surface area (Å²) in [5.41, 5.74) is 2.82. The van der Waals surface area contributed by atoms with Gasteiger partial charge in [0.2, 0.25) is 5.91 Å². The van der Waals surface area contributed by atoms with E-state index in [1.54, 1.807) is 11.8 Å². The number of para-hydroxylation sites is 1. The number of fused-ring (bicyclic) bond motifs is 1. The molecule has 0 saturated carbocycles. The zero-order valence-electron chi connectivity index (χ0n) is 17.8. The van der Waals surface area contributed by atoms with Crippen molar-refractivity contribution in [2.75, 3.05) is 23.0 Å². The summed E-state index contributed by atoms with van der Waals surface area (Å²) in [6.07, 6.45) is 1.48. The van der Waals surface area contributed by atoms with Crippen molar-refractivity contribution in [3.63, 3.8) is 0 Å². The van der Waals surface area contributed by atoms with Crippen molar-refractivity contribution < 1.29 is 19.1 Å². The van der Waals surface area contributed by atoms with Gasteiger partial charge < -0.3 is 14.8 Å². The van der Waals surface area contributed by atoms with Crippen LogP contribution in [0.1, 0.15) is 44.7 Å². The largest absolute Gasteiger partial charge is 0.493 e. The Balaban J connectivity index is 1.50. The van der Waals surface area contributed by atoms with E-state index < -0.39 is 11.7 Å². The van der Waals surface area contributed by atoms with Crippen LogP contribution in [0.3, 0.4) is 0 Å². The number of nitrogens with one attached hydrogen (secondary N) is 2. The van der Waals surface area contributed by atoms with Crippen molar-refractivity contribution in [1.29, 1.82) is 0 Å². The molecule has 3 rings (SSSR count). The lowest BCUT2D eigenvalue weighted by Crippen LogP contribution is -2.34. The van der Waals surface area contributed by atoms with Crippen LogP contribution in [0.2, 0.25) is 0 Å². The van der Waals surface area contributed by atoms with E-state index in [4.69, 9.17) is 9.47 Å². The highest BCUT2D eigenvalue weighted by Gasteiger charge is 2.34. The molecule has 7 heteroatoms. The highest BCUT2D eigenvalue weighted by atomic mass is 32.2. The molecule has 2 aromatic rings. The zero-order chi connectivity index (χ0) is 21.7. The SMILES string of the molecule is CC(=O)Nc1ccccc1SCCCCOc1cc2c(cc1C)NC(=O)OC2(C)C. The standard InChI is InChI=1S/C23H28N2O4S/c1-15-13-19-17(23(3,4)29-22(27)25-19)14-20(15)28-11-7-8-12-30-21-10-6-5-9-18(21)24-16(2)26/h5-6,9-10,13-14H,7-8,11-12H2,1-4H3,(H,24,26)(H,25,27). The van der Waals surface area contributed by atoms with E-state index >= 15 is 0 Å². The van der Waals surface area contributed by atoms with Crippen LogP contribution in [0.25, 0.3) is 0 Å². The predicted octanol–water partition coefficient (Wildman–Crippen LogP) is 5.70. The van der Waals surface area contributed by atoms with Gasteiger partial charge in [0, 0.05) is 17.4 Å².